The number of carbonyl (C=O) groups excluding carboxylic acids is 1. The molecule has 7 heteroatoms. The zero-order valence-electron chi connectivity index (χ0n) is 13.5. The molecule has 0 fully saturated rings. The van der Waals surface area contributed by atoms with Crippen LogP contribution >= 0.6 is 0 Å². The zero-order valence-corrected chi connectivity index (χ0v) is 14.3. The summed E-state index contributed by atoms with van der Waals surface area (Å²) in [5.41, 5.74) is -0.272. The smallest absolute Gasteiger partial charge is 0.251 e. The molecule has 0 aliphatic carbocycles. The molecule has 1 aromatic carbocycles. The summed E-state index contributed by atoms with van der Waals surface area (Å²) in [5.74, 6) is -0.302. The molecule has 0 radical (unpaired) electrons. The van der Waals surface area contributed by atoms with Crippen molar-refractivity contribution in [1.29, 1.82) is 0 Å². The quantitative estimate of drug-likeness (QED) is 0.744. The summed E-state index contributed by atoms with van der Waals surface area (Å²) in [6.45, 7) is 6.32. The van der Waals surface area contributed by atoms with Gasteiger partial charge < -0.3 is 10.1 Å². The van der Waals surface area contributed by atoms with E-state index in [0.29, 0.717) is 25.1 Å². The van der Waals surface area contributed by atoms with Crippen LogP contribution in [-0.2, 0) is 14.8 Å². The van der Waals surface area contributed by atoms with Gasteiger partial charge in [-0.1, -0.05) is 6.07 Å². The summed E-state index contributed by atoms with van der Waals surface area (Å²) in [6, 6.07) is 5.98. The van der Waals surface area contributed by atoms with Crippen LogP contribution < -0.4 is 10.0 Å². The first kappa shape index (κ1) is 18.6. The molecule has 0 spiro atoms. The largest absolute Gasteiger partial charge is 0.385 e. The third-order valence-electron chi connectivity index (χ3n) is 2.66. The Morgan fingerprint density at radius 3 is 2.55 bits per heavy atom. The summed E-state index contributed by atoms with van der Waals surface area (Å²) in [5, 5.41) is 2.73. The van der Waals surface area contributed by atoms with Crippen LogP contribution in [0, 0.1) is 0 Å². The normalized spacial score (nSPS) is 12.2. The van der Waals surface area contributed by atoms with E-state index < -0.39 is 15.6 Å². The van der Waals surface area contributed by atoms with E-state index in [-0.39, 0.29) is 10.8 Å². The predicted octanol–water partition coefficient (Wildman–Crippen LogP) is 1.53. The molecule has 0 aliphatic rings. The Bertz CT molecular complexity index is 606. The molecule has 0 heterocycles. The number of rotatable bonds is 7. The minimum absolute atomic E-state index is 0.0759. The first-order chi connectivity index (χ1) is 10.2. The molecule has 0 saturated heterocycles. The number of amides is 1. The Morgan fingerprint density at radius 2 is 1.95 bits per heavy atom. The molecular weight excluding hydrogens is 304 g/mol. The maximum absolute atomic E-state index is 12.3. The van der Waals surface area contributed by atoms with E-state index in [1.807, 2.05) is 0 Å². The molecule has 22 heavy (non-hydrogen) atoms. The van der Waals surface area contributed by atoms with Gasteiger partial charge in [0.25, 0.3) is 5.91 Å². The highest BCUT2D eigenvalue weighted by Gasteiger charge is 2.22. The molecule has 1 rings (SSSR count). The SMILES string of the molecule is COCCCNC(=O)c1cccc(S(=O)(=O)NC(C)(C)C)c1. The van der Waals surface area contributed by atoms with Crippen molar-refractivity contribution in [3.63, 3.8) is 0 Å². The molecule has 0 unspecified atom stereocenters. The Labute approximate surface area is 132 Å². The number of sulfonamides is 1. The lowest BCUT2D eigenvalue weighted by atomic mass is 10.1. The fourth-order valence-electron chi connectivity index (χ4n) is 1.79. The summed E-state index contributed by atoms with van der Waals surface area (Å²) in [4.78, 5) is 12.1. The standard InChI is InChI=1S/C15H24N2O4S/c1-15(2,3)17-22(19,20)13-8-5-7-12(11-13)14(18)16-9-6-10-21-4/h5,7-8,11,17H,6,9-10H2,1-4H3,(H,16,18). The van der Waals surface area contributed by atoms with E-state index in [2.05, 4.69) is 10.0 Å². The highest BCUT2D eigenvalue weighted by molar-refractivity contribution is 7.89. The van der Waals surface area contributed by atoms with Gasteiger partial charge in [0.2, 0.25) is 10.0 Å². The summed E-state index contributed by atoms with van der Waals surface area (Å²) in [6.07, 6.45) is 0.700. The Morgan fingerprint density at radius 1 is 1.27 bits per heavy atom. The van der Waals surface area contributed by atoms with Crippen LogP contribution in [0.5, 0.6) is 0 Å². The van der Waals surface area contributed by atoms with E-state index in [0.717, 1.165) is 0 Å². The van der Waals surface area contributed by atoms with Crippen molar-refractivity contribution >= 4 is 15.9 Å². The van der Waals surface area contributed by atoms with Crippen molar-refractivity contribution in [3.05, 3.63) is 29.8 Å². The third kappa shape index (κ3) is 6.13. The first-order valence-electron chi connectivity index (χ1n) is 7.07. The molecule has 0 saturated carbocycles. The van der Waals surface area contributed by atoms with Crippen molar-refractivity contribution < 1.29 is 17.9 Å². The number of methoxy groups -OCH3 is 1. The molecule has 0 atom stereocenters. The molecule has 6 nitrogen and oxygen atoms in total. The molecular formula is C15H24N2O4S. The van der Waals surface area contributed by atoms with E-state index >= 15 is 0 Å². The van der Waals surface area contributed by atoms with Crippen molar-refractivity contribution in [2.24, 2.45) is 0 Å². The van der Waals surface area contributed by atoms with Gasteiger partial charge in [0.05, 0.1) is 4.90 Å². The third-order valence-corrected chi connectivity index (χ3v) is 4.41. The molecule has 1 amide bonds. The highest BCUT2D eigenvalue weighted by atomic mass is 32.2. The maximum atomic E-state index is 12.3. The van der Waals surface area contributed by atoms with Crippen LogP contribution in [0.4, 0.5) is 0 Å². The van der Waals surface area contributed by atoms with Gasteiger partial charge in [-0.05, 0) is 45.4 Å². The topological polar surface area (TPSA) is 84.5 Å². The number of nitrogens with one attached hydrogen (secondary N) is 2. The average molecular weight is 328 g/mol. The second-order valence-electron chi connectivity index (χ2n) is 5.99. The minimum Gasteiger partial charge on any atom is -0.385 e. The van der Waals surface area contributed by atoms with Crippen molar-refractivity contribution in [1.82, 2.24) is 10.0 Å². The van der Waals surface area contributed by atoms with E-state index in [9.17, 15) is 13.2 Å². The lowest BCUT2D eigenvalue weighted by Crippen LogP contribution is -2.40. The molecule has 1 aromatic rings. The second-order valence-corrected chi connectivity index (χ2v) is 7.67. The molecule has 2 N–H and O–H groups in total. The van der Waals surface area contributed by atoms with Crippen molar-refractivity contribution in [2.75, 3.05) is 20.3 Å². The van der Waals surface area contributed by atoms with Gasteiger partial charge in [-0.25, -0.2) is 13.1 Å². The van der Waals surface area contributed by atoms with Gasteiger partial charge in [-0.2, -0.15) is 0 Å². The van der Waals surface area contributed by atoms with Crippen molar-refractivity contribution in [3.8, 4) is 0 Å². The second kappa shape index (κ2) is 7.71. The molecule has 124 valence electrons. The number of hydrogen-bond donors (Lipinski definition) is 2. The van der Waals surface area contributed by atoms with Gasteiger partial charge in [0.1, 0.15) is 0 Å². The zero-order chi connectivity index (χ0) is 16.8. The van der Waals surface area contributed by atoms with Crippen molar-refractivity contribution in [2.45, 2.75) is 37.6 Å². The van der Waals surface area contributed by atoms with Crippen LogP contribution in [0.2, 0.25) is 0 Å². The summed E-state index contributed by atoms with van der Waals surface area (Å²) >= 11 is 0. The predicted molar refractivity (Wildman–Crippen MR) is 85.3 cm³/mol. The van der Waals surface area contributed by atoms with Crippen LogP contribution in [0.1, 0.15) is 37.6 Å². The number of carbonyl (C=O) groups is 1. The number of benzene rings is 1. The van der Waals surface area contributed by atoms with Gasteiger partial charge in [0.15, 0.2) is 0 Å². The van der Waals surface area contributed by atoms with Gasteiger partial charge in [0, 0.05) is 31.4 Å². The Hall–Kier alpha value is -1.44. The lowest BCUT2D eigenvalue weighted by molar-refractivity contribution is 0.0948. The van der Waals surface area contributed by atoms with E-state index in [4.69, 9.17) is 4.74 Å². The summed E-state index contributed by atoms with van der Waals surface area (Å²) in [7, 11) is -2.06. The Kier molecular flexibility index (Phi) is 6.52. The highest BCUT2D eigenvalue weighted by Crippen LogP contribution is 2.14. The molecule has 0 bridgehead atoms. The van der Waals surface area contributed by atoms with E-state index in [1.54, 1.807) is 40.0 Å². The van der Waals surface area contributed by atoms with Crippen LogP contribution in [-0.4, -0.2) is 40.1 Å². The molecule has 0 aromatic heterocycles. The van der Waals surface area contributed by atoms with Gasteiger partial charge in [-0.3, -0.25) is 4.79 Å². The maximum Gasteiger partial charge on any atom is 0.251 e. The lowest BCUT2D eigenvalue weighted by Gasteiger charge is -2.20. The minimum atomic E-state index is -3.65. The molecule has 0 aliphatic heterocycles. The van der Waals surface area contributed by atoms with Gasteiger partial charge >= 0.3 is 0 Å². The fourth-order valence-corrected chi connectivity index (χ4v) is 3.25. The van der Waals surface area contributed by atoms with Crippen LogP contribution in [0.3, 0.4) is 0 Å². The fraction of sp³-hybridized carbons (Fsp3) is 0.533. The Balaban J connectivity index is 2.83. The van der Waals surface area contributed by atoms with Crippen LogP contribution in [0.25, 0.3) is 0 Å². The number of hydrogen-bond acceptors (Lipinski definition) is 4. The average Bonchev–Trinajstić information content (AvgIpc) is 2.41. The van der Waals surface area contributed by atoms with Crippen LogP contribution in [0.15, 0.2) is 29.2 Å². The summed E-state index contributed by atoms with van der Waals surface area (Å²) < 4.78 is 32.0. The monoisotopic (exact) mass is 328 g/mol. The number of ether oxygens (including phenoxy) is 1. The van der Waals surface area contributed by atoms with E-state index in [1.165, 1.54) is 12.1 Å². The van der Waals surface area contributed by atoms with Gasteiger partial charge in [-0.15, -0.1) is 0 Å². The first-order valence-corrected chi connectivity index (χ1v) is 8.55.